The van der Waals surface area contributed by atoms with Crippen LogP contribution in [0.1, 0.15) is 20.8 Å². The molecule has 0 saturated heterocycles. The van der Waals surface area contributed by atoms with Crippen LogP contribution in [0.2, 0.25) is 0 Å². The summed E-state index contributed by atoms with van der Waals surface area (Å²) >= 11 is 1.65. The summed E-state index contributed by atoms with van der Waals surface area (Å²) in [6, 6.07) is 8.50. The van der Waals surface area contributed by atoms with Crippen molar-refractivity contribution in [2.75, 3.05) is 5.75 Å². The molecule has 3 nitrogen and oxygen atoms in total. The summed E-state index contributed by atoms with van der Waals surface area (Å²) in [6.07, 6.45) is 0. The molecule has 0 aliphatic heterocycles. The van der Waals surface area contributed by atoms with Crippen molar-refractivity contribution in [2.45, 2.75) is 35.3 Å². The number of nitriles is 1. The van der Waals surface area contributed by atoms with Gasteiger partial charge in [-0.3, -0.25) is 0 Å². The first-order valence-corrected chi connectivity index (χ1v) is 7.71. The Balaban J connectivity index is 3.15. The second-order valence-electron chi connectivity index (χ2n) is 4.03. The van der Waals surface area contributed by atoms with Crippen molar-refractivity contribution < 1.29 is 8.42 Å². The van der Waals surface area contributed by atoms with Gasteiger partial charge in [0.05, 0.1) is 11.0 Å². The van der Waals surface area contributed by atoms with Crippen molar-refractivity contribution in [1.29, 1.82) is 5.26 Å². The van der Waals surface area contributed by atoms with Gasteiger partial charge in [0.2, 0.25) is 0 Å². The van der Waals surface area contributed by atoms with Crippen LogP contribution in [0.15, 0.2) is 34.1 Å². The van der Waals surface area contributed by atoms with E-state index in [2.05, 4.69) is 0 Å². The predicted octanol–water partition coefficient (Wildman–Crippen LogP) is 2.87. The first-order chi connectivity index (χ1) is 7.85. The molecule has 0 heterocycles. The van der Waals surface area contributed by atoms with Crippen molar-refractivity contribution in [3.8, 4) is 6.07 Å². The van der Waals surface area contributed by atoms with E-state index in [1.54, 1.807) is 36.0 Å². The van der Waals surface area contributed by atoms with Gasteiger partial charge in [0.1, 0.15) is 0 Å². The molecule has 0 aliphatic carbocycles. The van der Waals surface area contributed by atoms with Crippen molar-refractivity contribution in [2.24, 2.45) is 0 Å². The molecule has 0 spiro atoms. The predicted molar refractivity (Wildman–Crippen MR) is 69.7 cm³/mol. The maximum absolute atomic E-state index is 12.1. The molecular weight excluding hydrogens is 254 g/mol. The van der Waals surface area contributed by atoms with Gasteiger partial charge in [0.25, 0.3) is 0 Å². The lowest BCUT2D eigenvalue weighted by Gasteiger charge is -2.16. The number of hydrogen-bond donors (Lipinski definition) is 0. The van der Waals surface area contributed by atoms with Crippen LogP contribution in [0.5, 0.6) is 0 Å². The molecule has 0 N–H and O–H groups in total. The van der Waals surface area contributed by atoms with Crippen molar-refractivity contribution in [3.63, 3.8) is 0 Å². The highest BCUT2D eigenvalue weighted by Gasteiger charge is 2.35. The van der Waals surface area contributed by atoms with Gasteiger partial charge >= 0.3 is 0 Å². The third-order valence-corrected chi connectivity index (χ3v) is 5.61. The molecule has 0 saturated carbocycles. The molecule has 5 heteroatoms. The van der Waals surface area contributed by atoms with Crippen LogP contribution < -0.4 is 0 Å². The van der Waals surface area contributed by atoms with Crippen molar-refractivity contribution in [3.05, 3.63) is 24.3 Å². The summed E-state index contributed by atoms with van der Waals surface area (Å²) in [4.78, 5) is 1.23. The van der Waals surface area contributed by atoms with Crippen LogP contribution in [0, 0.1) is 11.3 Å². The standard InChI is InChI=1S/C12H15NO2S2/c1-4-16-10-5-7-11(8-6-10)17(14,15)12(2,3)9-13/h5-8H,4H2,1-3H3. The fourth-order valence-corrected chi connectivity index (χ4v) is 3.10. The van der Waals surface area contributed by atoms with E-state index in [-0.39, 0.29) is 4.90 Å². The van der Waals surface area contributed by atoms with Crippen LogP contribution in [-0.2, 0) is 9.84 Å². The smallest absolute Gasteiger partial charge is 0.196 e. The minimum atomic E-state index is -3.59. The molecule has 0 amide bonds. The molecule has 0 aromatic heterocycles. The van der Waals surface area contributed by atoms with Crippen LogP contribution in [0.4, 0.5) is 0 Å². The molecule has 92 valence electrons. The van der Waals surface area contributed by atoms with Crippen molar-refractivity contribution in [1.82, 2.24) is 0 Å². The monoisotopic (exact) mass is 269 g/mol. The molecule has 0 aliphatic rings. The molecule has 0 fully saturated rings. The topological polar surface area (TPSA) is 57.9 Å². The minimum Gasteiger partial charge on any atom is -0.222 e. The highest BCUT2D eigenvalue weighted by Crippen LogP contribution is 2.26. The lowest BCUT2D eigenvalue weighted by atomic mass is 10.2. The van der Waals surface area contributed by atoms with Crippen LogP contribution >= 0.6 is 11.8 Å². The van der Waals surface area contributed by atoms with E-state index in [0.717, 1.165) is 10.6 Å². The van der Waals surface area contributed by atoms with Gasteiger partial charge < -0.3 is 0 Å². The van der Waals surface area contributed by atoms with E-state index < -0.39 is 14.6 Å². The van der Waals surface area contributed by atoms with Gasteiger partial charge in [-0.05, 0) is 43.9 Å². The Bertz CT molecular complexity index is 525. The van der Waals surface area contributed by atoms with E-state index >= 15 is 0 Å². The third kappa shape index (κ3) is 2.82. The van der Waals surface area contributed by atoms with Crippen LogP contribution in [-0.4, -0.2) is 18.9 Å². The van der Waals surface area contributed by atoms with E-state index in [9.17, 15) is 8.42 Å². The minimum absolute atomic E-state index is 0.199. The maximum atomic E-state index is 12.1. The second-order valence-corrected chi connectivity index (χ2v) is 7.87. The average molecular weight is 269 g/mol. The summed E-state index contributed by atoms with van der Waals surface area (Å²) in [5, 5.41) is 8.90. The van der Waals surface area contributed by atoms with E-state index in [4.69, 9.17) is 5.26 Å². The third-order valence-electron chi connectivity index (χ3n) is 2.39. The average Bonchev–Trinajstić information content (AvgIpc) is 2.30. The molecule has 0 unspecified atom stereocenters. The lowest BCUT2D eigenvalue weighted by Crippen LogP contribution is -2.29. The highest BCUT2D eigenvalue weighted by atomic mass is 32.2. The molecule has 1 aromatic carbocycles. The molecule has 0 atom stereocenters. The highest BCUT2D eigenvalue weighted by molar-refractivity contribution is 7.99. The summed E-state index contributed by atoms with van der Waals surface area (Å²) in [5.41, 5.74) is 0. The second kappa shape index (κ2) is 5.11. The summed E-state index contributed by atoms with van der Waals surface area (Å²) < 4.78 is 22.9. The lowest BCUT2D eigenvalue weighted by molar-refractivity contribution is 0.574. The zero-order valence-corrected chi connectivity index (χ0v) is 11.7. The number of hydrogen-bond acceptors (Lipinski definition) is 4. The van der Waals surface area contributed by atoms with Gasteiger partial charge in [0, 0.05) is 4.90 Å². The van der Waals surface area contributed by atoms with Crippen LogP contribution in [0.25, 0.3) is 0 Å². The Kier molecular flexibility index (Phi) is 4.23. The first-order valence-electron chi connectivity index (χ1n) is 5.24. The molecule has 17 heavy (non-hydrogen) atoms. The van der Waals surface area contributed by atoms with Crippen LogP contribution in [0.3, 0.4) is 0 Å². The van der Waals surface area contributed by atoms with Gasteiger partial charge in [-0.15, -0.1) is 11.8 Å². The summed E-state index contributed by atoms with van der Waals surface area (Å²) in [7, 11) is -3.59. The number of sulfone groups is 1. The Labute approximate surface area is 107 Å². The van der Waals surface area contributed by atoms with E-state index in [0.29, 0.717) is 0 Å². The van der Waals surface area contributed by atoms with Gasteiger partial charge in [-0.25, -0.2) is 8.42 Å². The van der Waals surface area contributed by atoms with Gasteiger partial charge in [-0.2, -0.15) is 5.26 Å². The first kappa shape index (κ1) is 14.1. The maximum Gasteiger partial charge on any atom is 0.196 e. The quantitative estimate of drug-likeness (QED) is 0.789. The zero-order chi connectivity index (χ0) is 13.1. The van der Waals surface area contributed by atoms with Crippen molar-refractivity contribution >= 4 is 21.6 Å². The Morgan fingerprint density at radius 1 is 1.29 bits per heavy atom. The number of benzene rings is 1. The molecule has 1 rings (SSSR count). The number of rotatable bonds is 4. The summed E-state index contributed by atoms with van der Waals surface area (Å²) in [6.45, 7) is 4.86. The largest absolute Gasteiger partial charge is 0.222 e. The van der Waals surface area contributed by atoms with E-state index in [1.165, 1.54) is 13.8 Å². The Hall–Kier alpha value is -0.990. The van der Waals surface area contributed by atoms with E-state index in [1.807, 2.05) is 13.0 Å². The fraction of sp³-hybridized carbons (Fsp3) is 0.417. The zero-order valence-electron chi connectivity index (χ0n) is 10.1. The number of thioether (sulfide) groups is 1. The molecule has 0 radical (unpaired) electrons. The Morgan fingerprint density at radius 3 is 2.24 bits per heavy atom. The SMILES string of the molecule is CCSc1ccc(S(=O)(=O)C(C)(C)C#N)cc1. The van der Waals surface area contributed by atoms with Gasteiger partial charge in [0.15, 0.2) is 14.6 Å². The fourth-order valence-electron chi connectivity index (χ4n) is 1.24. The molecule has 1 aromatic rings. The molecule has 0 bridgehead atoms. The molecular formula is C12H15NO2S2. The van der Waals surface area contributed by atoms with Gasteiger partial charge in [-0.1, -0.05) is 6.92 Å². The normalized spacial score (nSPS) is 12.1. The Morgan fingerprint density at radius 2 is 1.82 bits per heavy atom. The summed E-state index contributed by atoms with van der Waals surface area (Å²) in [5.74, 6) is 0.940. The number of nitrogens with zero attached hydrogens (tertiary/aromatic N) is 1.